The number of aromatic nitrogens is 1. The van der Waals surface area contributed by atoms with Crippen molar-refractivity contribution in [1.29, 1.82) is 0 Å². The highest BCUT2D eigenvalue weighted by atomic mass is 16.5. The largest absolute Gasteiger partial charge is 0.479 e. The van der Waals surface area contributed by atoms with Gasteiger partial charge in [0.05, 0.1) is 7.11 Å². The summed E-state index contributed by atoms with van der Waals surface area (Å²) in [4.78, 5) is 33.2. The van der Waals surface area contributed by atoms with Crippen LogP contribution in [-0.4, -0.2) is 28.7 Å². The van der Waals surface area contributed by atoms with Gasteiger partial charge in [0.1, 0.15) is 0 Å². The van der Waals surface area contributed by atoms with Gasteiger partial charge in [-0.05, 0) is 6.07 Å². The van der Waals surface area contributed by atoms with Crippen molar-refractivity contribution < 1.29 is 19.4 Å². The molecule has 0 radical (unpaired) electrons. The number of nitrogens with zero attached hydrogens (tertiary/aromatic N) is 1. The van der Waals surface area contributed by atoms with Crippen molar-refractivity contribution in [3.63, 3.8) is 0 Å². The second kappa shape index (κ2) is 4.41. The Morgan fingerprint density at radius 3 is 2.60 bits per heavy atom. The third-order valence-corrected chi connectivity index (χ3v) is 1.79. The first-order valence-corrected chi connectivity index (χ1v) is 4.05. The highest BCUT2D eigenvalue weighted by Gasteiger charge is 2.29. The molecule has 0 saturated carbocycles. The molecule has 6 heteroatoms. The first-order chi connectivity index (χ1) is 7.07. The Morgan fingerprint density at radius 2 is 2.13 bits per heavy atom. The van der Waals surface area contributed by atoms with Crippen LogP contribution in [0.1, 0.15) is 6.04 Å². The van der Waals surface area contributed by atoms with Gasteiger partial charge in [-0.2, -0.15) is 0 Å². The minimum atomic E-state index is -1.64. The van der Waals surface area contributed by atoms with Crippen LogP contribution >= 0.6 is 0 Å². The molecular weight excluding hydrogens is 202 g/mol. The van der Waals surface area contributed by atoms with E-state index in [1.54, 1.807) is 0 Å². The number of carbonyl (C=O) groups excluding carboxylic acids is 1. The Balaban J connectivity index is 3.22. The topological polar surface area (TPSA) is 85.6 Å². The predicted octanol–water partition coefficient (Wildman–Crippen LogP) is -0.353. The van der Waals surface area contributed by atoms with Gasteiger partial charge < -0.3 is 9.84 Å². The summed E-state index contributed by atoms with van der Waals surface area (Å²) in [5, 5.41) is 8.79. The molecular formula is C9H9NO5. The van der Waals surface area contributed by atoms with E-state index in [1.807, 2.05) is 0 Å². The SMILES string of the molecule is COC(=O)C(C(=O)O)n1ccccc1=O. The molecule has 0 spiro atoms. The van der Waals surface area contributed by atoms with Crippen LogP contribution < -0.4 is 5.56 Å². The average Bonchev–Trinajstić information content (AvgIpc) is 2.20. The standard InChI is InChI=1S/C9H9NO5/c1-15-9(14)7(8(12)13)10-5-3-2-4-6(10)11/h2-5,7H,1H3,(H,12,13). The minimum Gasteiger partial charge on any atom is -0.479 e. The number of rotatable bonds is 3. The normalized spacial score (nSPS) is 11.8. The average molecular weight is 211 g/mol. The Bertz CT molecular complexity index is 436. The maximum atomic E-state index is 11.3. The van der Waals surface area contributed by atoms with Gasteiger partial charge in [-0.1, -0.05) is 6.07 Å². The zero-order valence-corrected chi connectivity index (χ0v) is 7.91. The Morgan fingerprint density at radius 1 is 1.47 bits per heavy atom. The summed E-state index contributed by atoms with van der Waals surface area (Å²) in [6, 6.07) is 2.44. The number of hydrogen-bond acceptors (Lipinski definition) is 4. The van der Waals surface area contributed by atoms with Crippen molar-refractivity contribution in [2.75, 3.05) is 7.11 Å². The fourth-order valence-corrected chi connectivity index (χ4v) is 1.10. The summed E-state index contributed by atoms with van der Waals surface area (Å²) in [6.07, 6.45) is 1.22. The maximum Gasteiger partial charge on any atom is 0.340 e. The van der Waals surface area contributed by atoms with E-state index in [0.717, 1.165) is 11.7 Å². The molecule has 0 aliphatic rings. The smallest absolute Gasteiger partial charge is 0.340 e. The van der Waals surface area contributed by atoms with E-state index in [1.165, 1.54) is 24.4 Å². The van der Waals surface area contributed by atoms with Crippen LogP contribution in [0.25, 0.3) is 0 Å². The number of carbonyl (C=O) groups is 2. The van der Waals surface area contributed by atoms with Gasteiger partial charge in [-0.15, -0.1) is 0 Å². The summed E-state index contributed by atoms with van der Waals surface area (Å²) >= 11 is 0. The fourth-order valence-electron chi connectivity index (χ4n) is 1.10. The van der Waals surface area contributed by atoms with Crippen molar-refractivity contribution in [3.8, 4) is 0 Å². The summed E-state index contributed by atoms with van der Waals surface area (Å²) in [5.41, 5.74) is -0.574. The number of hydrogen-bond donors (Lipinski definition) is 1. The molecule has 6 nitrogen and oxygen atoms in total. The molecule has 0 saturated heterocycles. The van der Waals surface area contributed by atoms with Crippen molar-refractivity contribution in [2.24, 2.45) is 0 Å². The first-order valence-electron chi connectivity index (χ1n) is 4.05. The lowest BCUT2D eigenvalue weighted by Gasteiger charge is -2.12. The van der Waals surface area contributed by atoms with Gasteiger partial charge in [0, 0.05) is 12.3 Å². The number of esters is 1. The van der Waals surface area contributed by atoms with E-state index >= 15 is 0 Å². The van der Waals surface area contributed by atoms with Gasteiger partial charge in [0.2, 0.25) is 6.04 Å². The maximum absolute atomic E-state index is 11.3. The molecule has 1 unspecified atom stereocenters. The second-order valence-electron chi connectivity index (χ2n) is 2.71. The Hall–Kier alpha value is -2.11. The molecule has 0 amide bonds. The monoisotopic (exact) mass is 211 g/mol. The van der Waals surface area contributed by atoms with Crippen LogP contribution in [0, 0.1) is 0 Å². The van der Waals surface area contributed by atoms with Crippen molar-refractivity contribution in [1.82, 2.24) is 4.57 Å². The van der Waals surface area contributed by atoms with Crippen LogP contribution in [0.2, 0.25) is 0 Å². The van der Waals surface area contributed by atoms with Crippen molar-refractivity contribution in [3.05, 3.63) is 34.7 Å². The van der Waals surface area contributed by atoms with E-state index < -0.39 is 23.5 Å². The zero-order chi connectivity index (χ0) is 11.4. The van der Waals surface area contributed by atoms with Crippen LogP contribution in [0.5, 0.6) is 0 Å². The number of ether oxygens (including phenoxy) is 1. The van der Waals surface area contributed by atoms with Gasteiger partial charge in [0.25, 0.3) is 5.56 Å². The zero-order valence-electron chi connectivity index (χ0n) is 7.91. The minimum absolute atomic E-state index is 0.574. The molecule has 1 heterocycles. The van der Waals surface area contributed by atoms with Crippen molar-refractivity contribution in [2.45, 2.75) is 6.04 Å². The van der Waals surface area contributed by atoms with E-state index in [0.29, 0.717) is 0 Å². The number of carboxylic acid groups (broad SMARTS) is 1. The molecule has 1 aromatic heterocycles. The number of methoxy groups -OCH3 is 1. The molecule has 1 rings (SSSR count). The molecule has 80 valence electrons. The van der Waals surface area contributed by atoms with Crippen LogP contribution in [-0.2, 0) is 14.3 Å². The highest BCUT2D eigenvalue weighted by Crippen LogP contribution is 2.05. The summed E-state index contributed by atoms with van der Waals surface area (Å²) in [5.74, 6) is -2.43. The summed E-state index contributed by atoms with van der Waals surface area (Å²) < 4.78 is 5.10. The van der Waals surface area contributed by atoms with Gasteiger partial charge in [-0.25, -0.2) is 9.59 Å². The lowest BCUT2D eigenvalue weighted by molar-refractivity contribution is -0.155. The molecule has 0 bridgehead atoms. The molecule has 0 aromatic carbocycles. The lowest BCUT2D eigenvalue weighted by Crippen LogP contribution is -2.35. The third-order valence-electron chi connectivity index (χ3n) is 1.79. The molecule has 0 aliphatic carbocycles. The second-order valence-corrected chi connectivity index (χ2v) is 2.71. The lowest BCUT2D eigenvalue weighted by atomic mass is 10.3. The van der Waals surface area contributed by atoms with E-state index in [-0.39, 0.29) is 0 Å². The molecule has 0 fully saturated rings. The van der Waals surface area contributed by atoms with Gasteiger partial charge in [-0.3, -0.25) is 9.36 Å². The summed E-state index contributed by atoms with van der Waals surface area (Å²) in [6.45, 7) is 0. The van der Waals surface area contributed by atoms with Crippen LogP contribution in [0.3, 0.4) is 0 Å². The van der Waals surface area contributed by atoms with Crippen LogP contribution in [0.15, 0.2) is 29.2 Å². The van der Waals surface area contributed by atoms with Crippen molar-refractivity contribution >= 4 is 11.9 Å². The molecule has 15 heavy (non-hydrogen) atoms. The van der Waals surface area contributed by atoms with E-state index in [2.05, 4.69) is 4.74 Å². The quantitative estimate of drug-likeness (QED) is 0.545. The third kappa shape index (κ3) is 2.22. The number of carboxylic acids is 1. The van der Waals surface area contributed by atoms with Gasteiger partial charge >= 0.3 is 11.9 Å². The first kappa shape index (κ1) is 11.0. The summed E-state index contributed by atoms with van der Waals surface area (Å²) in [7, 11) is 1.06. The Kier molecular flexibility index (Phi) is 3.22. The number of aliphatic carboxylic acids is 1. The fraction of sp³-hybridized carbons (Fsp3) is 0.222. The Labute approximate surface area is 84.7 Å². The molecule has 1 N–H and O–H groups in total. The van der Waals surface area contributed by atoms with E-state index in [4.69, 9.17) is 5.11 Å². The predicted molar refractivity (Wildman–Crippen MR) is 49.4 cm³/mol. The van der Waals surface area contributed by atoms with Crippen LogP contribution in [0.4, 0.5) is 0 Å². The highest BCUT2D eigenvalue weighted by molar-refractivity contribution is 5.96. The molecule has 1 atom stereocenters. The molecule has 1 aromatic rings. The van der Waals surface area contributed by atoms with Gasteiger partial charge in [0.15, 0.2) is 0 Å². The van der Waals surface area contributed by atoms with E-state index in [9.17, 15) is 14.4 Å². The molecule has 0 aliphatic heterocycles. The number of pyridine rings is 1.